The average molecular weight is 344 g/mol. The normalized spacial score (nSPS) is 12.9. The molecule has 1 atom stereocenters. The lowest BCUT2D eigenvalue weighted by atomic mass is 10.1. The highest BCUT2D eigenvalue weighted by molar-refractivity contribution is 9.10. The van der Waals surface area contributed by atoms with Crippen LogP contribution in [0.3, 0.4) is 0 Å². The van der Waals surface area contributed by atoms with Crippen LogP contribution in [0.15, 0.2) is 28.7 Å². The smallest absolute Gasteiger partial charge is 0.244 e. The third kappa shape index (κ3) is 6.30. The highest BCUT2D eigenvalue weighted by Crippen LogP contribution is 2.16. The molecular formula is C15H19BrFNO2. The van der Waals surface area contributed by atoms with Crippen LogP contribution in [0.4, 0.5) is 4.39 Å². The van der Waals surface area contributed by atoms with Gasteiger partial charge in [-0.3, -0.25) is 4.79 Å². The topological polar surface area (TPSA) is 49.3 Å². The molecule has 0 aliphatic rings. The number of halogens is 2. The number of carbonyl (C=O) groups excluding carboxylic acids is 1. The number of aliphatic hydroxyl groups excluding tert-OH is 1. The third-order valence-corrected chi connectivity index (χ3v) is 3.12. The zero-order chi connectivity index (χ0) is 15.1. The molecule has 1 aromatic rings. The molecule has 1 aromatic carbocycles. The fourth-order valence-corrected chi connectivity index (χ4v) is 2.09. The van der Waals surface area contributed by atoms with Crippen molar-refractivity contribution >= 4 is 27.9 Å². The van der Waals surface area contributed by atoms with Gasteiger partial charge in [-0.05, 0) is 36.6 Å². The second kappa shape index (κ2) is 8.17. The van der Waals surface area contributed by atoms with E-state index in [1.54, 1.807) is 12.1 Å². The number of benzene rings is 1. The standard InChI is InChI=1S/C15H19BrFNO2/c1-10(2)7-13(19)9-18-15(20)6-3-11-8-12(16)4-5-14(11)17/h3-6,8,10,13,19H,7,9H2,1-2H3,(H,18,20)/b6-3+. The van der Waals surface area contributed by atoms with Crippen molar-refractivity contribution in [2.75, 3.05) is 6.54 Å². The molecular weight excluding hydrogens is 325 g/mol. The molecule has 0 fully saturated rings. The summed E-state index contributed by atoms with van der Waals surface area (Å²) < 4.78 is 14.2. The van der Waals surface area contributed by atoms with Crippen molar-refractivity contribution in [2.24, 2.45) is 5.92 Å². The van der Waals surface area contributed by atoms with Gasteiger partial charge in [-0.1, -0.05) is 29.8 Å². The Labute approximate surface area is 127 Å². The SMILES string of the molecule is CC(C)CC(O)CNC(=O)/C=C/c1cc(Br)ccc1F. The van der Waals surface area contributed by atoms with Gasteiger partial charge in [-0.15, -0.1) is 0 Å². The Morgan fingerprint density at radius 1 is 1.50 bits per heavy atom. The minimum Gasteiger partial charge on any atom is -0.391 e. The number of aliphatic hydroxyl groups is 1. The summed E-state index contributed by atoms with van der Waals surface area (Å²) in [6.45, 7) is 4.20. The van der Waals surface area contributed by atoms with Gasteiger partial charge in [0.05, 0.1) is 6.10 Å². The lowest BCUT2D eigenvalue weighted by molar-refractivity contribution is -0.116. The number of rotatable bonds is 6. The molecule has 0 aromatic heterocycles. The highest BCUT2D eigenvalue weighted by Gasteiger charge is 2.07. The molecule has 2 N–H and O–H groups in total. The minimum absolute atomic E-state index is 0.197. The maximum absolute atomic E-state index is 13.4. The van der Waals surface area contributed by atoms with E-state index in [4.69, 9.17) is 0 Å². The zero-order valence-corrected chi connectivity index (χ0v) is 13.2. The molecule has 1 rings (SSSR count). The van der Waals surface area contributed by atoms with Crippen LogP contribution >= 0.6 is 15.9 Å². The van der Waals surface area contributed by atoms with E-state index in [0.29, 0.717) is 17.9 Å². The molecule has 5 heteroatoms. The Morgan fingerprint density at radius 3 is 2.85 bits per heavy atom. The van der Waals surface area contributed by atoms with Gasteiger partial charge in [0.25, 0.3) is 0 Å². The number of hydrogen-bond acceptors (Lipinski definition) is 2. The average Bonchev–Trinajstić information content (AvgIpc) is 2.36. The van der Waals surface area contributed by atoms with Crippen LogP contribution in [0.2, 0.25) is 0 Å². The summed E-state index contributed by atoms with van der Waals surface area (Å²) in [4.78, 5) is 11.6. The van der Waals surface area contributed by atoms with Crippen LogP contribution < -0.4 is 5.32 Å². The van der Waals surface area contributed by atoms with Crippen LogP contribution in [0.1, 0.15) is 25.8 Å². The second-order valence-corrected chi connectivity index (χ2v) is 5.94. The molecule has 0 heterocycles. The maximum atomic E-state index is 13.4. The molecule has 0 saturated carbocycles. The van der Waals surface area contributed by atoms with E-state index in [0.717, 1.165) is 4.47 Å². The summed E-state index contributed by atoms with van der Waals surface area (Å²) in [6.07, 6.45) is 2.73. The second-order valence-electron chi connectivity index (χ2n) is 5.03. The van der Waals surface area contributed by atoms with Crippen LogP contribution in [0, 0.1) is 11.7 Å². The van der Waals surface area contributed by atoms with Gasteiger partial charge >= 0.3 is 0 Å². The summed E-state index contributed by atoms with van der Waals surface area (Å²) >= 11 is 3.24. The number of nitrogens with one attached hydrogen (secondary N) is 1. The molecule has 3 nitrogen and oxygen atoms in total. The Bertz CT molecular complexity index is 489. The molecule has 0 spiro atoms. The summed E-state index contributed by atoms with van der Waals surface area (Å²) in [7, 11) is 0. The van der Waals surface area contributed by atoms with Crippen molar-refractivity contribution in [1.29, 1.82) is 0 Å². The van der Waals surface area contributed by atoms with Gasteiger partial charge in [0, 0.05) is 22.7 Å². The molecule has 0 bridgehead atoms. The van der Waals surface area contributed by atoms with Crippen molar-refractivity contribution < 1.29 is 14.3 Å². The highest BCUT2D eigenvalue weighted by atomic mass is 79.9. The third-order valence-electron chi connectivity index (χ3n) is 2.63. The van der Waals surface area contributed by atoms with Gasteiger partial charge in [-0.25, -0.2) is 4.39 Å². The fourth-order valence-electron chi connectivity index (χ4n) is 1.71. The first-order chi connectivity index (χ1) is 9.38. The van der Waals surface area contributed by atoms with Gasteiger partial charge in [0.1, 0.15) is 5.82 Å². The van der Waals surface area contributed by atoms with Crippen LogP contribution in [0.5, 0.6) is 0 Å². The number of amides is 1. The number of carbonyl (C=O) groups is 1. The summed E-state index contributed by atoms with van der Waals surface area (Å²) in [5.74, 6) is -0.377. The van der Waals surface area contributed by atoms with Crippen molar-refractivity contribution in [2.45, 2.75) is 26.4 Å². The molecule has 0 radical (unpaired) electrons. The summed E-state index contributed by atoms with van der Waals surface area (Å²) in [5.41, 5.74) is 0.331. The van der Waals surface area contributed by atoms with Crippen molar-refractivity contribution in [3.05, 3.63) is 40.1 Å². The van der Waals surface area contributed by atoms with Gasteiger partial charge in [0.2, 0.25) is 5.91 Å². The molecule has 1 amide bonds. The first kappa shape index (κ1) is 16.9. The molecule has 110 valence electrons. The molecule has 20 heavy (non-hydrogen) atoms. The van der Waals surface area contributed by atoms with E-state index in [1.807, 2.05) is 13.8 Å². The minimum atomic E-state index is -0.560. The molecule has 1 unspecified atom stereocenters. The first-order valence-corrected chi connectivity index (χ1v) is 7.27. The van der Waals surface area contributed by atoms with E-state index >= 15 is 0 Å². The van der Waals surface area contributed by atoms with E-state index in [2.05, 4.69) is 21.2 Å². The zero-order valence-electron chi connectivity index (χ0n) is 11.6. The largest absolute Gasteiger partial charge is 0.391 e. The predicted octanol–water partition coefficient (Wildman–Crippen LogP) is 3.12. The maximum Gasteiger partial charge on any atom is 0.244 e. The van der Waals surface area contributed by atoms with Crippen LogP contribution in [-0.2, 0) is 4.79 Å². The van der Waals surface area contributed by atoms with E-state index in [9.17, 15) is 14.3 Å². The Kier molecular flexibility index (Phi) is 6.88. The fraction of sp³-hybridized carbons (Fsp3) is 0.400. The quantitative estimate of drug-likeness (QED) is 0.779. The molecule has 0 aliphatic carbocycles. The number of hydrogen-bond donors (Lipinski definition) is 2. The Balaban J connectivity index is 2.49. The molecule has 0 aliphatic heterocycles. The predicted molar refractivity (Wildman–Crippen MR) is 81.6 cm³/mol. The van der Waals surface area contributed by atoms with Gasteiger partial charge < -0.3 is 10.4 Å². The van der Waals surface area contributed by atoms with E-state index in [-0.39, 0.29) is 12.5 Å². The Hall–Kier alpha value is -1.20. The summed E-state index contributed by atoms with van der Waals surface area (Å²) in [5, 5.41) is 12.2. The first-order valence-electron chi connectivity index (χ1n) is 6.47. The lowest BCUT2D eigenvalue weighted by Gasteiger charge is -2.12. The monoisotopic (exact) mass is 343 g/mol. The van der Waals surface area contributed by atoms with Crippen molar-refractivity contribution in [1.82, 2.24) is 5.32 Å². The van der Waals surface area contributed by atoms with Crippen molar-refractivity contribution in [3.8, 4) is 0 Å². The van der Waals surface area contributed by atoms with Crippen LogP contribution in [0.25, 0.3) is 6.08 Å². The summed E-state index contributed by atoms with van der Waals surface area (Å²) in [6, 6.07) is 4.51. The van der Waals surface area contributed by atoms with E-state index < -0.39 is 11.9 Å². The van der Waals surface area contributed by atoms with E-state index in [1.165, 1.54) is 18.2 Å². The van der Waals surface area contributed by atoms with Crippen LogP contribution in [-0.4, -0.2) is 23.7 Å². The van der Waals surface area contributed by atoms with Gasteiger partial charge in [0.15, 0.2) is 0 Å². The Morgan fingerprint density at radius 2 is 2.20 bits per heavy atom. The molecule has 0 saturated heterocycles. The van der Waals surface area contributed by atoms with Gasteiger partial charge in [-0.2, -0.15) is 0 Å². The lowest BCUT2D eigenvalue weighted by Crippen LogP contribution is -2.31. The van der Waals surface area contributed by atoms with Crippen molar-refractivity contribution in [3.63, 3.8) is 0 Å².